The third kappa shape index (κ3) is 3.01. The predicted molar refractivity (Wildman–Crippen MR) is 100 cm³/mol. The predicted octanol–water partition coefficient (Wildman–Crippen LogP) is 3.58. The Morgan fingerprint density at radius 2 is 2.15 bits per heavy atom. The lowest BCUT2D eigenvalue weighted by molar-refractivity contribution is 0.0692. The Morgan fingerprint density at radius 3 is 2.89 bits per heavy atom. The van der Waals surface area contributed by atoms with Crippen LogP contribution in [0.1, 0.15) is 60.7 Å². The molecule has 1 unspecified atom stereocenters. The highest BCUT2D eigenvalue weighted by molar-refractivity contribution is 5.93. The Morgan fingerprint density at radius 1 is 1.33 bits per heavy atom. The second kappa shape index (κ2) is 6.79. The maximum Gasteiger partial charge on any atom is 0.277 e. The van der Waals surface area contributed by atoms with Gasteiger partial charge in [0.05, 0.1) is 0 Å². The lowest BCUT2D eigenvalue weighted by Gasteiger charge is -2.32. The number of pyridine rings is 1. The number of hydrogen-bond acceptors (Lipinski definition) is 3. The molecule has 27 heavy (non-hydrogen) atoms. The summed E-state index contributed by atoms with van der Waals surface area (Å²) in [5.41, 5.74) is 1.07. The van der Waals surface area contributed by atoms with E-state index in [-0.39, 0.29) is 17.5 Å². The smallest absolute Gasteiger partial charge is 0.277 e. The van der Waals surface area contributed by atoms with E-state index < -0.39 is 5.95 Å². The number of fused-ring (bicyclic) bond motifs is 1. The number of aromatic nitrogens is 4. The average Bonchev–Trinajstić information content (AvgIpc) is 3.27. The summed E-state index contributed by atoms with van der Waals surface area (Å²) in [5, 5.41) is 0. The molecule has 3 aromatic heterocycles. The molecule has 0 N–H and O–H groups in total. The number of aryl methyl sites for hydroxylation is 1. The highest BCUT2D eigenvalue weighted by atomic mass is 19.1. The molecular weight excluding hydrogens is 345 g/mol. The van der Waals surface area contributed by atoms with Gasteiger partial charge in [-0.25, -0.2) is 9.97 Å². The summed E-state index contributed by atoms with van der Waals surface area (Å²) in [6.07, 6.45) is 5.63. The van der Waals surface area contributed by atoms with Gasteiger partial charge in [-0.3, -0.25) is 9.20 Å². The molecule has 1 atom stereocenters. The fourth-order valence-corrected chi connectivity index (χ4v) is 3.95. The molecule has 0 aromatic carbocycles. The lowest BCUT2D eigenvalue weighted by atomic mass is 9.96. The molecule has 142 valence electrons. The van der Waals surface area contributed by atoms with Gasteiger partial charge in [0.25, 0.3) is 5.91 Å². The summed E-state index contributed by atoms with van der Waals surface area (Å²) in [4.78, 5) is 23.5. The zero-order valence-corrected chi connectivity index (χ0v) is 15.9. The first kappa shape index (κ1) is 17.7. The van der Waals surface area contributed by atoms with Gasteiger partial charge >= 0.3 is 0 Å². The molecule has 3 aromatic rings. The van der Waals surface area contributed by atoms with Crippen molar-refractivity contribution in [3.05, 3.63) is 53.8 Å². The van der Waals surface area contributed by atoms with Gasteiger partial charge in [-0.05, 0) is 45.7 Å². The van der Waals surface area contributed by atoms with Crippen molar-refractivity contribution in [3.63, 3.8) is 0 Å². The molecule has 4 rings (SSSR count). The molecule has 1 saturated heterocycles. The van der Waals surface area contributed by atoms with E-state index in [0.717, 1.165) is 18.7 Å². The molecule has 0 bridgehead atoms. The van der Waals surface area contributed by atoms with Crippen molar-refractivity contribution < 1.29 is 9.18 Å². The Kier molecular flexibility index (Phi) is 4.45. The maximum atomic E-state index is 14.9. The fourth-order valence-electron chi connectivity index (χ4n) is 3.95. The number of amides is 1. The van der Waals surface area contributed by atoms with Crippen molar-refractivity contribution in [1.82, 2.24) is 23.8 Å². The first-order valence-corrected chi connectivity index (χ1v) is 9.43. The molecule has 0 radical (unpaired) electrons. The molecule has 0 aliphatic carbocycles. The van der Waals surface area contributed by atoms with Gasteiger partial charge in [-0.1, -0.05) is 6.07 Å². The molecule has 1 fully saturated rings. The minimum absolute atomic E-state index is 0.0999. The van der Waals surface area contributed by atoms with Gasteiger partial charge in [0.1, 0.15) is 11.5 Å². The number of carbonyl (C=O) groups excluding carboxylic acids is 1. The third-order valence-electron chi connectivity index (χ3n) is 5.31. The van der Waals surface area contributed by atoms with Crippen LogP contribution >= 0.6 is 0 Å². The van der Waals surface area contributed by atoms with Crippen molar-refractivity contribution in [1.29, 1.82) is 0 Å². The Labute approximate surface area is 157 Å². The third-order valence-corrected chi connectivity index (χ3v) is 5.31. The van der Waals surface area contributed by atoms with Gasteiger partial charge < -0.3 is 9.47 Å². The zero-order valence-electron chi connectivity index (χ0n) is 15.9. The van der Waals surface area contributed by atoms with E-state index in [1.807, 2.05) is 12.3 Å². The summed E-state index contributed by atoms with van der Waals surface area (Å²) in [7, 11) is 0. The Balaban J connectivity index is 1.62. The molecule has 7 heteroatoms. The molecule has 6 nitrogen and oxygen atoms in total. The highest BCUT2D eigenvalue weighted by Gasteiger charge is 2.31. The van der Waals surface area contributed by atoms with Gasteiger partial charge in [0.2, 0.25) is 5.95 Å². The lowest BCUT2D eigenvalue weighted by Crippen LogP contribution is -2.40. The van der Waals surface area contributed by atoms with E-state index in [9.17, 15) is 9.18 Å². The summed E-state index contributed by atoms with van der Waals surface area (Å²) in [6, 6.07) is 5.64. The van der Waals surface area contributed by atoms with Crippen LogP contribution in [0.2, 0.25) is 0 Å². The van der Waals surface area contributed by atoms with Gasteiger partial charge in [0, 0.05) is 43.1 Å². The van der Waals surface area contributed by atoms with E-state index in [1.165, 1.54) is 4.40 Å². The Hall–Kier alpha value is -2.70. The van der Waals surface area contributed by atoms with E-state index in [1.54, 1.807) is 30.2 Å². The zero-order chi connectivity index (χ0) is 19.1. The number of piperidine rings is 1. The van der Waals surface area contributed by atoms with Crippen LogP contribution in [-0.2, 0) is 0 Å². The van der Waals surface area contributed by atoms with Crippen molar-refractivity contribution in [2.75, 3.05) is 13.1 Å². The van der Waals surface area contributed by atoms with Crippen LogP contribution in [0, 0.1) is 12.9 Å². The van der Waals surface area contributed by atoms with Crippen LogP contribution in [0.15, 0.2) is 30.6 Å². The second-order valence-corrected chi connectivity index (χ2v) is 7.49. The molecule has 4 heterocycles. The number of carbonyl (C=O) groups is 1. The topological polar surface area (TPSA) is 55.4 Å². The summed E-state index contributed by atoms with van der Waals surface area (Å²) < 4.78 is 18.4. The van der Waals surface area contributed by atoms with Crippen LogP contribution in [0.25, 0.3) is 5.65 Å². The van der Waals surface area contributed by atoms with Crippen LogP contribution in [-0.4, -0.2) is 42.8 Å². The minimum atomic E-state index is -0.584. The highest BCUT2D eigenvalue weighted by Crippen LogP contribution is 2.28. The Bertz CT molecular complexity index is 990. The van der Waals surface area contributed by atoms with E-state index in [0.29, 0.717) is 30.5 Å². The monoisotopic (exact) mass is 369 g/mol. The summed E-state index contributed by atoms with van der Waals surface area (Å²) in [6.45, 7) is 7.18. The van der Waals surface area contributed by atoms with E-state index in [2.05, 4.69) is 28.4 Å². The van der Waals surface area contributed by atoms with Gasteiger partial charge in [-0.2, -0.15) is 4.39 Å². The largest absolute Gasteiger partial charge is 0.336 e. The number of imidazole rings is 2. The normalized spacial score (nSPS) is 17.8. The first-order chi connectivity index (χ1) is 13.0. The molecular formula is C20H24FN5O. The van der Waals surface area contributed by atoms with Crippen molar-refractivity contribution in [2.45, 2.75) is 45.6 Å². The number of halogens is 1. The number of likely N-dealkylation sites (tertiary alicyclic amines) is 1. The van der Waals surface area contributed by atoms with E-state index >= 15 is 0 Å². The van der Waals surface area contributed by atoms with Gasteiger partial charge in [0.15, 0.2) is 5.69 Å². The van der Waals surface area contributed by atoms with Crippen molar-refractivity contribution in [3.8, 4) is 0 Å². The summed E-state index contributed by atoms with van der Waals surface area (Å²) >= 11 is 0. The van der Waals surface area contributed by atoms with Crippen LogP contribution < -0.4 is 0 Å². The molecule has 1 amide bonds. The van der Waals surface area contributed by atoms with E-state index in [4.69, 9.17) is 0 Å². The molecule has 1 aliphatic heterocycles. The SMILES string of the molecule is Cc1cccc2nc(C(=O)N3CCCC(c4nccn4C(C)C)C3)c(F)n12. The van der Waals surface area contributed by atoms with Gasteiger partial charge in [-0.15, -0.1) is 0 Å². The minimum Gasteiger partial charge on any atom is -0.336 e. The average molecular weight is 369 g/mol. The first-order valence-electron chi connectivity index (χ1n) is 9.43. The van der Waals surface area contributed by atoms with Crippen LogP contribution in [0.3, 0.4) is 0 Å². The van der Waals surface area contributed by atoms with Crippen molar-refractivity contribution in [2.24, 2.45) is 0 Å². The van der Waals surface area contributed by atoms with Crippen LogP contribution in [0.5, 0.6) is 0 Å². The second-order valence-electron chi connectivity index (χ2n) is 7.49. The maximum absolute atomic E-state index is 14.9. The van der Waals surface area contributed by atoms with Crippen molar-refractivity contribution >= 4 is 11.6 Å². The number of rotatable bonds is 3. The number of nitrogens with zero attached hydrogens (tertiary/aromatic N) is 5. The fraction of sp³-hybridized carbons (Fsp3) is 0.450. The van der Waals surface area contributed by atoms with Crippen LogP contribution in [0.4, 0.5) is 4.39 Å². The quantitative estimate of drug-likeness (QED) is 0.709. The summed E-state index contributed by atoms with van der Waals surface area (Å²) in [5.74, 6) is 0.220. The molecule has 1 aliphatic rings. The number of hydrogen-bond donors (Lipinski definition) is 0. The molecule has 0 spiro atoms. The standard InChI is InChI=1S/C20H24FN5O/c1-13(2)25-11-9-22-19(25)15-7-5-10-24(12-15)20(27)17-18(21)26-14(3)6-4-8-16(26)23-17/h4,6,8-9,11,13,15H,5,7,10,12H2,1-3H3. The molecule has 0 saturated carbocycles.